The van der Waals surface area contributed by atoms with Gasteiger partial charge in [-0.1, -0.05) is 32.3 Å². The lowest BCUT2D eigenvalue weighted by Crippen LogP contribution is -2.34. The normalized spacial score (nSPS) is 22.8. The van der Waals surface area contributed by atoms with E-state index >= 15 is 0 Å². The number of rotatable bonds is 5. The third kappa shape index (κ3) is 4.04. The van der Waals surface area contributed by atoms with Crippen molar-refractivity contribution in [1.82, 2.24) is 0 Å². The fourth-order valence-corrected chi connectivity index (χ4v) is 2.91. The van der Waals surface area contributed by atoms with Crippen molar-refractivity contribution in [2.75, 3.05) is 0 Å². The van der Waals surface area contributed by atoms with Gasteiger partial charge in [-0.25, -0.2) is 4.39 Å². The van der Waals surface area contributed by atoms with E-state index in [-0.39, 0.29) is 11.6 Å². The van der Waals surface area contributed by atoms with Crippen molar-refractivity contribution in [3.63, 3.8) is 0 Å². The average molecular weight is 280 g/mol. The summed E-state index contributed by atoms with van der Waals surface area (Å²) in [6.07, 6.45) is 5.97. The fraction of sp³-hybridized carbons (Fsp3) is 0.600. The number of hydrogen-bond donors (Lipinski definition) is 2. The SMILES string of the molecule is CCC1CCCC(OCc2ccc(F)cc2B(O)O)C1. The molecule has 0 bridgehead atoms. The molecule has 0 heterocycles. The molecule has 1 aromatic rings. The molecule has 1 saturated carbocycles. The summed E-state index contributed by atoms with van der Waals surface area (Å²) in [5.74, 6) is 0.255. The molecule has 2 N–H and O–H groups in total. The number of benzene rings is 1. The molecule has 0 aliphatic heterocycles. The largest absolute Gasteiger partial charge is 0.488 e. The molecule has 1 aromatic carbocycles. The van der Waals surface area contributed by atoms with Crippen LogP contribution < -0.4 is 5.46 Å². The first-order valence-corrected chi connectivity index (χ1v) is 7.36. The Labute approximate surface area is 119 Å². The van der Waals surface area contributed by atoms with Gasteiger partial charge >= 0.3 is 7.12 Å². The maximum atomic E-state index is 13.1. The summed E-state index contributed by atoms with van der Waals surface area (Å²) in [6, 6.07) is 4.03. The Kier molecular flexibility index (Phi) is 5.58. The van der Waals surface area contributed by atoms with Crippen molar-refractivity contribution < 1.29 is 19.2 Å². The maximum absolute atomic E-state index is 13.1. The molecule has 1 aliphatic carbocycles. The van der Waals surface area contributed by atoms with E-state index in [9.17, 15) is 14.4 Å². The Morgan fingerprint density at radius 3 is 2.85 bits per heavy atom. The predicted octanol–water partition coefficient (Wildman–Crippen LogP) is 1.99. The van der Waals surface area contributed by atoms with Crippen LogP contribution in [0, 0.1) is 11.7 Å². The number of ether oxygens (including phenoxy) is 1. The van der Waals surface area contributed by atoms with Gasteiger partial charge in [0.1, 0.15) is 5.82 Å². The van der Waals surface area contributed by atoms with Crippen molar-refractivity contribution in [1.29, 1.82) is 0 Å². The van der Waals surface area contributed by atoms with Crippen LogP contribution in [0.3, 0.4) is 0 Å². The summed E-state index contributed by atoms with van der Waals surface area (Å²) >= 11 is 0. The second-order valence-electron chi connectivity index (χ2n) is 5.59. The fourth-order valence-electron chi connectivity index (χ4n) is 2.91. The van der Waals surface area contributed by atoms with Crippen LogP contribution in [0.4, 0.5) is 4.39 Å². The third-order valence-electron chi connectivity index (χ3n) is 4.17. The van der Waals surface area contributed by atoms with Gasteiger partial charge in [-0.05, 0) is 41.9 Å². The molecule has 20 heavy (non-hydrogen) atoms. The summed E-state index contributed by atoms with van der Waals surface area (Å²) in [7, 11) is -1.67. The summed E-state index contributed by atoms with van der Waals surface area (Å²) in [6.45, 7) is 2.50. The molecular weight excluding hydrogens is 258 g/mol. The molecule has 110 valence electrons. The van der Waals surface area contributed by atoms with Crippen LogP contribution >= 0.6 is 0 Å². The molecule has 1 fully saturated rings. The topological polar surface area (TPSA) is 49.7 Å². The first kappa shape index (κ1) is 15.5. The number of halogens is 1. The minimum Gasteiger partial charge on any atom is -0.423 e. The van der Waals surface area contributed by atoms with Gasteiger partial charge in [-0.3, -0.25) is 0 Å². The van der Waals surface area contributed by atoms with Gasteiger partial charge in [-0.15, -0.1) is 0 Å². The molecule has 1 aliphatic rings. The molecule has 0 saturated heterocycles. The van der Waals surface area contributed by atoms with E-state index in [2.05, 4.69) is 6.92 Å². The van der Waals surface area contributed by atoms with Crippen LogP contribution in [-0.2, 0) is 11.3 Å². The van der Waals surface area contributed by atoms with Crippen LogP contribution in [0.25, 0.3) is 0 Å². The zero-order valence-electron chi connectivity index (χ0n) is 11.9. The molecule has 0 radical (unpaired) electrons. The lowest BCUT2D eigenvalue weighted by molar-refractivity contribution is 0.00200. The molecular formula is C15H22BFO3. The Hall–Kier alpha value is -0.905. The molecule has 0 spiro atoms. The predicted molar refractivity (Wildman–Crippen MR) is 77.1 cm³/mol. The van der Waals surface area contributed by atoms with Crippen molar-refractivity contribution in [2.24, 2.45) is 5.92 Å². The average Bonchev–Trinajstić information content (AvgIpc) is 2.46. The summed E-state index contributed by atoms with van der Waals surface area (Å²) in [5.41, 5.74) is 0.827. The Balaban J connectivity index is 1.96. The van der Waals surface area contributed by atoms with E-state index in [0.717, 1.165) is 24.8 Å². The molecule has 2 unspecified atom stereocenters. The first-order valence-electron chi connectivity index (χ1n) is 7.36. The molecule has 3 nitrogen and oxygen atoms in total. The summed E-state index contributed by atoms with van der Waals surface area (Å²) in [4.78, 5) is 0. The van der Waals surface area contributed by atoms with E-state index in [1.54, 1.807) is 6.07 Å². The van der Waals surface area contributed by atoms with Crippen LogP contribution in [0.2, 0.25) is 0 Å². The minimum absolute atomic E-state index is 0.188. The van der Waals surface area contributed by atoms with Crippen LogP contribution in [0.5, 0.6) is 0 Å². The highest BCUT2D eigenvalue weighted by atomic mass is 19.1. The smallest absolute Gasteiger partial charge is 0.423 e. The highest BCUT2D eigenvalue weighted by Gasteiger charge is 2.22. The van der Waals surface area contributed by atoms with Crippen LogP contribution in [0.15, 0.2) is 18.2 Å². The van der Waals surface area contributed by atoms with E-state index < -0.39 is 12.9 Å². The van der Waals surface area contributed by atoms with Crippen molar-refractivity contribution in [3.8, 4) is 0 Å². The van der Waals surface area contributed by atoms with Gasteiger partial charge in [0, 0.05) is 0 Å². The molecule has 2 rings (SSSR count). The Morgan fingerprint density at radius 2 is 2.15 bits per heavy atom. The van der Waals surface area contributed by atoms with Gasteiger partial charge in [-0.2, -0.15) is 0 Å². The van der Waals surface area contributed by atoms with E-state index in [4.69, 9.17) is 4.74 Å². The highest BCUT2D eigenvalue weighted by Crippen LogP contribution is 2.28. The van der Waals surface area contributed by atoms with Gasteiger partial charge < -0.3 is 14.8 Å². The van der Waals surface area contributed by atoms with Gasteiger partial charge in [0.15, 0.2) is 0 Å². The van der Waals surface area contributed by atoms with Gasteiger partial charge in [0.25, 0.3) is 0 Å². The summed E-state index contributed by atoms with van der Waals surface area (Å²) < 4.78 is 19.0. The Morgan fingerprint density at radius 1 is 1.35 bits per heavy atom. The second kappa shape index (κ2) is 7.20. The van der Waals surface area contributed by atoms with Gasteiger partial charge in [0.05, 0.1) is 12.7 Å². The highest BCUT2D eigenvalue weighted by molar-refractivity contribution is 6.59. The maximum Gasteiger partial charge on any atom is 0.488 e. The van der Waals surface area contributed by atoms with Gasteiger partial charge in [0.2, 0.25) is 0 Å². The van der Waals surface area contributed by atoms with E-state index in [1.165, 1.54) is 25.3 Å². The van der Waals surface area contributed by atoms with E-state index in [1.807, 2.05) is 0 Å². The minimum atomic E-state index is -1.67. The second-order valence-corrected chi connectivity index (χ2v) is 5.59. The van der Waals surface area contributed by atoms with Crippen LogP contribution in [0.1, 0.15) is 44.6 Å². The zero-order valence-corrected chi connectivity index (χ0v) is 11.9. The quantitative estimate of drug-likeness (QED) is 0.811. The third-order valence-corrected chi connectivity index (χ3v) is 4.17. The van der Waals surface area contributed by atoms with Crippen molar-refractivity contribution in [3.05, 3.63) is 29.6 Å². The molecule has 5 heteroatoms. The number of hydrogen-bond acceptors (Lipinski definition) is 3. The van der Waals surface area contributed by atoms with Crippen molar-refractivity contribution >= 4 is 12.6 Å². The van der Waals surface area contributed by atoms with Crippen LogP contribution in [-0.4, -0.2) is 23.3 Å². The van der Waals surface area contributed by atoms with E-state index in [0.29, 0.717) is 12.2 Å². The van der Waals surface area contributed by atoms with Crippen molar-refractivity contribution in [2.45, 2.75) is 51.7 Å². The lowest BCUT2D eigenvalue weighted by Gasteiger charge is -2.28. The summed E-state index contributed by atoms with van der Waals surface area (Å²) in [5, 5.41) is 18.6. The first-order chi connectivity index (χ1) is 9.60. The zero-order chi connectivity index (χ0) is 14.5. The monoisotopic (exact) mass is 280 g/mol. The standard InChI is InChI=1S/C15H22BFO3/c1-2-11-4-3-5-14(8-11)20-10-12-6-7-13(17)9-15(12)16(18)19/h6-7,9,11,14,18-19H,2-5,8,10H2,1H3. The Bertz CT molecular complexity index is 439. The lowest BCUT2D eigenvalue weighted by atomic mass is 9.77. The molecule has 0 aromatic heterocycles. The molecule has 2 atom stereocenters. The molecule has 0 amide bonds.